The first kappa shape index (κ1) is 10.6. The van der Waals surface area contributed by atoms with E-state index in [9.17, 15) is 21.6 Å². The first-order valence-corrected chi connectivity index (χ1v) is 5.45. The Morgan fingerprint density at radius 1 is 1.31 bits per heavy atom. The van der Waals surface area contributed by atoms with Crippen LogP contribution in [0.5, 0.6) is 0 Å². The van der Waals surface area contributed by atoms with Gasteiger partial charge in [0.15, 0.2) is 0 Å². The molecule has 6 heteroatoms. The predicted octanol–water partition coefficient (Wildman–Crippen LogP) is 2.03. The topological polar surface area (TPSA) is 34.1 Å². The Hall–Kier alpha value is -0.520. The second-order valence-corrected chi connectivity index (χ2v) is 4.97. The fourth-order valence-corrected chi connectivity index (χ4v) is 1.55. The quantitative estimate of drug-likeness (QED) is 0.659. The molecule has 0 bridgehead atoms. The summed E-state index contributed by atoms with van der Waals surface area (Å²) in [6.07, 6.45) is 3.57. The van der Waals surface area contributed by atoms with Gasteiger partial charge in [-0.05, 0) is 19.3 Å². The van der Waals surface area contributed by atoms with Crippen LogP contribution in [0.2, 0.25) is 0 Å². The molecule has 0 aromatic heterocycles. The van der Waals surface area contributed by atoms with Gasteiger partial charge in [-0.2, -0.15) is 13.2 Å². The molecule has 0 saturated heterocycles. The minimum Gasteiger partial charge on any atom is -0.219 e. The zero-order chi connectivity index (χ0) is 10.1. The van der Waals surface area contributed by atoms with Crippen LogP contribution >= 0.6 is 0 Å². The van der Waals surface area contributed by atoms with E-state index in [0.717, 1.165) is 24.8 Å². The normalized spacial score (nSPS) is 18.2. The van der Waals surface area contributed by atoms with E-state index in [0.29, 0.717) is 0 Å². The molecule has 0 N–H and O–H groups in total. The van der Waals surface area contributed by atoms with Crippen LogP contribution in [0.4, 0.5) is 13.2 Å². The minimum atomic E-state index is -5.12. The van der Waals surface area contributed by atoms with Gasteiger partial charge in [-0.25, -0.2) is 8.42 Å². The van der Waals surface area contributed by atoms with E-state index in [-0.39, 0.29) is 0 Å². The van der Waals surface area contributed by atoms with Gasteiger partial charge in [0.25, 0.3) is 9.84 Å². The number of hydrogen-bond acceptors (Lipinski definition) is 2. The summed E-state index contributed by atoms with van der Waals surface area (Å²) in [6.45, 7) is 0. The fourth-order valence-electron chi connectivity index (χ4n) is 0.907. The Balaban J connectivity index is 2.63. The molecule has 0 aliphatic heterocycles. The summed E-state index contributed by atoms with van der Waals surface area (Å²) in [5.74, 6) is -0.911. The van der Waals surface area contributed by atoms with Crippen LogP contribution in [0.25, 0.3) is 0 Å². The molecule has 76 valence electrons. The minimum absolute atomic E-state index is 0.730. The van der Waals surface area contributed by atoms with Crippen molar-refractivity contribution in [2.24, 2.45) is 0 Å². The van der Waals surface area contributed by atoms with Gasteiger partial charge in [0.1, 0.15) is 0 Å². The summed E-state index contributed by atoms with van der Waals surface area (Å²) in [5.41, 5.74) is -4.30. The Labute approximate surface area is 74.4 Å². The Bertz CT molecular complexity index is 307. The van der Waals surface area contributed by atoms with Crippen LogP contribution in [0.3, 0.4) is 0 Å². The molecule has 13 heavy (non-hydrogen) atoms. The summed E-state index contributed by atoms with van der Waals surface area (Å²) in [7, 11) is -4.95. The third-order valence-corrected chi connectivity index (χ3v) is 3.25. The average molecular weight is 214 g/mol. The molecule has 0 aromatic rings. The van der Waals surface area contributed by atoms with Crippen molar-refractivity contribution >= 4 is 9.84 Å². The van der Waals surface area contributed by atoms with Crippen LogP contribution < -0.4 is 0 Å². The zero-order valence-electron chi connectivity index (χ0n) is 6.76. The van der Waals surface area contributed by atoms with Gasteiger partial charge in [-0.1, -0.05) is 11.6 Å². The fraction of sp³-hybridized carbons (Fsp3) is 0.714. The average Bonchev–Trinajstić information content (AvgIpc) is 1.80. The summed E-state index contributed by atoms with van der Waals surface area (Å²) in [5, 5.41) is 0. The number of sulfone groups is 1. The molecule has 2 nitrogen and oxygen atoms in total. The lowest BCUT2D eigenvalue weighted by molar-refractivity contribution is -0.0432. The lowest BCUT2D eigenvalue weighted by atomic mass is 9.93. The molecule has 0 atom stereocenters. The van der Waals surface area contributed by atoms with Gasteiger partial charge in [0, 0.05) is 0 Å². The number of alkyl halides is 3. The van der Waals surface area contributed by atoms with Crippen molar-refractivity contribution in [3.05, 3.63) is 11.6 Å². The van der Waals surface area contributed by atoms with Gasteiger partial charge in [-0.15, -0.1) is 0 Å². The third-order valence-electron chi connectivity index (χ3n) is 1.94. The Morgan fingerprint density at radius 3 is 2.15 bits per heavy atom. The van der Waals surface area contributed by atoms with E-state index in [1.165, 1.54) is 6.08 Å². The van der Waals surface area contributed by atoms with Crippen LogP contribution in [0.15, 0.2) is 11.6 Å². The highest BCUT2D eigenvalue weighted by Gasteiger charge is 2.44. The smallest absolute Gasteiger partial charge is 0.219 e. The van der Waals surface area contributed by atoms with Crippen molar-refractivity contribution in [3.63, 3.8) is 0 Å². The summed E-state index contributed by atoms with van der Waals surface area (Å²) in [4.78, 5) is 0. The molecular weight excluding hydrogens is 205 g/mol. The number of allylic oxidation sites excluding steroid dienone is 1. The van der Waals surface area contributed by atoms with Gasteiger partial charge >= 0.3 is 5.51 Å². The summed E-state index contributed by atoms with van der Waals surface area (Å²) >= 11 is 0. The molecule has 1 fully saturated rings. The Morgan fingerprint density at radius 2 is 1.85 bits per heavy atom. The lowest BCUT2D eigenvalue weighted by Crippen LogP contribution is -2.25. The van der Waals surface area contributed by atoms with Crippen molar-refractivity contribution in [2.45, 2.75) is 24.8 Å². The summed E-state index contributed by atoms with van der Waals surface area (Å²) in [6, 6.07) is 0. The van der Waals surface area contributed by atoms with E-state index in [2.05, 4.69) is 0 Å². The van der Waals surface area contributed by atoms with E-state index in [1.54, 1.807) is 0 Å². The van der Waals surface area contributed by atoms with Crippen LogP contribution in [0, 0.1) is 0 Å². The summed E-state index contributed by atoms with van der Waals surface area (Å²) < 4.78 is 56.4. The molecule has 1 aliphatic carbocycles. The van der Waals surface area contributed by atoms with Gasteiger partial charge in [0.05, 0.1) is 5.75 Å². The van der Waals surface area contributed by atoms with Crippen LogP contribution in [-0.2, 0) is 9.84 Å². The molecule has 0 heterocycles. The van der Waals surface area contributed by atoms with Gasteiger partial charge < -0.3 is 0 Å². The van der Waals surface area contributed by atoms with Crippen molar-refractivity contribution < 1.29 is 21.6 Å². The van der Waals surface area contributed by atoms with Crippen LogP contribution in [-0.4, -0.2) is 19.7 Å². The number of halogens is 3. The maximum atomic E-state index is 11.8. The number of rotatable bonds is 2. The van der Waals surface area contributed by atoms with Crippen molar-refractivity contribution in [1.82, 2.24) is 0 Å². The van der Waals surface area contributed by atoms with E-state index < -0.39 is 21.1 Å². The molecule has 0 radical (unpaired) electrons. The zero-order valence-corrected chi connectivity index (χ0v) is 7.58. The molecular formula is C7H9F3O2S. The maximum Gasteiger partial charge on any atom is 0.497 e. The largest absolute Gasteiger partial charge is 0.497 e. The SMILES string of the molecule is O=S(=O)(CC=C1CCC1)C(F)(F)F. The molecule has 0 aromatic carbocycles. The molecule has 0 spiro atoms. The van der Waals surface area contributed by atoms with Crippen molar-refractivity contribution in [1.29, 1.82) is 0 Å². The predicted molar refractivity (Wildman–Crippen MR) is 41.8 cm³/mol. The highest BCUT2D eigenvalue weighted by molar-refractivity contribution is 7.92. The standard InChI is InChI=1S/C7H9F3O2S/c8-7(9,10)13(11,12)5-4-6-2-1-3-6/h4H,1-3,5H2. The maximum absolute atomic E-state index is 11.8. The van der Waals surface area contributed by atoms with Crippen LogP contribution in [0.1, 0.15) is 19.3 Å². The molecule has 0 amide bonds. The first-order chi connectivity index (χ1) is 5.83. The molecule has 1 saturated carbocycles. The number of hydrogen-bond donors (Lipinski definition) is 0. The van der Waals surface area contributed by atoms with E-state index >= 15 is 0 Å². The van der Waals surface area contributed by atoms with Crippen molar-refractivity contribution in [3.8, 4) is 0 Å². The van der Waals surface area contributed by atoms with Crippen molar-refractivity contribution in [2.75, 3.05) is 5.75 Å². The highest BCUT2D eigenvalue weighted by Crippen LogP contribution is 2.28. The Kier molecular flexibility index (Phi) is 2.70. The van der Waals surface area contributed by atoms with Gasteiger partial charge in [-0.3, -0.25) is 0 Å². The third kappa shape index (κ3) is 2.46. The molecule has 1 aliphatic rings. The van der Waals surface area contributed by atoms with E-state index in [1.807, 2.05) is 0 Å². The second-order valence-electron chi connectivity index (χ2n) is 2.94. The molecule has 0 unspecified atom stereocenters. The lowest BCUT2D eigenvalue weighted by Gasteiger charge is -2.16. The highest BCUT2D eigenvalue weighted by atomic mass is 32.2. The monoisotopic (exact) mass is 214 g/mol. The molecule has 1 rings (SSSR count). The van der Waals surface area contributed by atoms with Gasteiger partial charge in [0.2, 0.25) is 0 Å². The first-order valence-electron chi connectivity index (χ1n) is 3.80. The van der Waals surface area contributed by atoms with E-state index in [4.69, 9.17) is 0 Å². The second kappa shape index (κ2) is 3.32.